The van der Waals surface area contributed by atoms with Crippen molar-refractivity contribution >= 4 is 12.0 Å². The van der Waals surface area contributed by atoms with Crippen LogP contribution in [0.3, 0.4) is 0 Å². The second-order valence-corrected chi connectivity index (χ2v) is 18.2. The number of aliphatic hydroxyl groups excluding tert-OH is 1. The van der Waals surface area contributed by atoms with Crippen LogP contribution in [0.5, 0.6) is 0 Å². The number of morpholine rings is 1. The molecule has 0 radical (unpaired) electrons. The van der Waals surface area contributed by atoms with E-state index in [2.05, 4.69) is 34.6 Å². The molecule has 2 spiro atoms. The van der Waals surface area contributed by atoms with Crippen molar-refractivity contribution in [1.29, 1.82) is 0 Å². The van der Waals surface area contributed by atoms with Crippen LogP contribution in [-0.4, -0.2) is 79.0 Å². The monoisotopic (exact) mass is 642 g/mol. The molecule has 9 heteroatoms. The number of nitrogens with zero attached hydrogens (tertiary/aromatic N) is 1. The summed E-state index contributed by atoms with van der Waals surface area (Å²) in [5.41, 5.74) is 5.62. The van der Waals surface area contributed by atoms with E-state index in [9.17, 15) is 14.7 Å². The minimum atomic E-state index is -0.772. The quantitative estimate of drug-likeness (QED) is 0.405. The van der Waals surface area contributed by atoms with Crippen molar-refractivity contribution in [3.05, 3.63) is 0 Å². The highest BCUT2D eigenvalue weighted by Crippen LogP contribution is 2.89. The zero-order chi connectivity index (χ0) is 32.4. The van der Waals surface area contributed by atoms with Crippen LogP contribution in [0.15, 0.2) is 0 Å². The third-order valence-electron chi connectivity index (χ3n) is 16.1. The van der Waals surface area contributed by atoms with Crippen LogP contribution in [0.2, 0.25) is 0 Å². The number of hydrogen-bond acceptors (Lipinski definition) is 7. The molecule has 6 aliphatic carbocycles. The average Bonchev–Trinajstić information content (AvgIpc) is 3.93. The van der Waals surface area contributed by atoms with E-state index in [4.69, 9.17) is 24.7 Å². The molecular formula is C37H58N2O7. The normalized spacial score (nSPS) is 52.0. The molecule has 0 aromatic heterocycles. The van der Waals surface area contributed by atoms with Crippen molar-refractivity contribution < 1.29 is 33.6 Å². The van der Waals surface area contributed by atoms with Gasteiger partial charge in [0.15, 0.2) is 6.29 Å². The van der Waals surface area contributed by atoms with Crippen LogP contribution in [0.4, 0.5) is 4.79 Å². The third-order valence-corrected chi connectivity index (χ3v) is 16.1. The van der Waals surface area contributed by atoms with E-state index in [0.717, 1.165) is 32.1 Å². The molecule has 8 fully saturated rings. The highest BCUT2D eigenvalue weighted by atomic mass is 16.7. The molecule has 2 heterocycles. The fourth-order valence-electron chi connectivity index (χ4n) is 13.7. The summed E-state index contributed by atoms with van der Waals surface area (Å²) in [4.78, 5) is 26.2. The van der Waals surface area contributed by atoms with Gasteiger partial charge >= 0.3 is 6.09 Å². The molecule has 7 unspecified atom stereocenters. The summed E-state index contributed by atoms with van der Waals surface area (Å²) < 4.78 is 24.7. The summed E-state index contributed by atoms with van der Waals surface area (Å²) >= 11 is 0. The summed E-state index contributed by atoms with van der Waals surface area (Å²) in [7, 11) is 0. The number of rotatable bonds is 6. The zero-order valence-corrected chi connectivity index (χ0v) is 28.8. The molecule has 46 heavy (non-hydrogen) atoms. The molecule has 3 N–H and O–H groups in total. The van der Waals surface area contributed by atoms with Crippen LogP contribution < -0.4 is 5.73 Å². The van der Waals surface area contributed by atoms with Crippen molar-refractivity contribution in [2.24, 2.45) is 62.4 Å². The number of amides is 2. The Morgan fingerprint density at radius 3 is 2.48 bits per heavy atom. The molecule has 258 valence electrons. The molecule has 8 rings (SSSR count). The van der Waals surface area contributed by atoms with Crippen LogP contribution in [0.1, 0.15) is 105 Å². The first-order valence-corrected chi connectivity index (χ1v) is 18.6. The van der Waals surface area contributed by atoms with Crippen molar-refractivity contribution in [3.8, 4) is 0 Å². The van der Waals surface area contributed by atoms with E-state index in [1.807, 2.05) is 4.90 Å². The van der Waals surface area contributed by atoms with E-state index in [0.29, 0.717) is 55.2 Å². The fraction of sp³-hybridized carbons (Fsp3) is 0.946. The number of aliphatic hydroxyl groups is 1. The molecule has 0 aromatic rings. The lowest BCUT2D eigenvalue weighted by Crippen LogP contribution is -2.60. The number of nitrogens with two attached hydrogens (primary N) is 1. The second kappa shape index (κ2) is 10.5. The van der Waals surface area contributed by atoms with Gasteiger partial charge in [-0.05, 0) is 115 Å². The van der Waals surface area contributed by atoms with Crippen LogP contribution in [0, 0.1) is 56.7 Å². The molecule has 2 aliphatic heterocycles. The molecule has 0 aromatic carbocycles. The first-order chi connectivity index (χ1) is 21.8. The van der Waals surface area contributed by atoms with Crippen LogP contribution in [0.25, 0.3) is 0 Å². The number of primary amides is 1. The number of hydrogen-bond donors (Lipinski definition) is 2. The van der Waals surface area contributed by atoms with E-state index in [-0.39, 0.29) is 64.7 Å². The van der Waals surface area contributed by atoms with Crippen LogP contribution in [-0.2, 0) is 23.7 Å². The predicted octanol–water partition coefficient (Wildman–Crippen LogP) is 5.27. The molecule has 6 saturated carbocycles. The fourth-order valence-corrected chi connectivity index (χ4v) is 13.7. The van der Waals surface area contributed by atoms with E-state index < -0.39 is 12.2 Å². The first-order valence-electron chi connectivity index (χ1n) is 18.6. The molecule has 9 nitrogen and oxygen atoms in total. The largest absolute Gasteiger partial charge is 0.447 e. The minimum Gasteiger partial charge on any atom is -0.447 e. The first kappa shape index (κ1) is 31.8. The molecule has 2 amide bonds. The average molecular weight is 643 g/mol. The Hall–Kier alpha value is -1.42. The Labute approximate surface area is 275 Å². The minimum absolute atomic E-state index is 0.00445. The van der Waals surface area contributed by atoms with Crippen molar-refractivity contribution in [3.63, 3.8) is 0 Å². The lowest BCUT2D eigenvalue weighted by atomic mass is 9.41. The zero-order valence-electron chi connectivity index (χ0n) is 28.8. The molecular weight excluding hydrogens is 584 g/mol. The Kier molecular flexibility index (Phi) is 7.29. The maximum absolute atomic E-state index is 12.9. The third kappa shape index (κ3) is 4.32. The van der Waals surface area contributed by atoms with Gasteiger partial charge in [0, 0.05) is 18.4 Å². The van der Waals surface area contributed by atoms with Gasteiger partial charge in [-0.15, -0.1) is 0 Å². The van der Waals surface area contributed by atoms with Gasteiger partial charge in [-0.1, -0.05) is 34.6 Å². The Morgan fingerprint density at radius 1 is 1.00 bits per heavy atom. The van der Waals surface area contributed by atoms with E-state index in [1.165, 1.54) is 32.1 Å². The lowest BCUT2D eigenvalue weighted by molar-refractivity contribution is -0.248. The molecule has 13 atom stereocenters. The van der Waals surface area contributed by atoms with E-state index >= 15 is 0 Å². The summed E-state index contributed by atoms with van der Waals surface area (Å²) in [6.45, 7) is 14.0. The summed E-state index contributed by atoms with van der Waals surface area (Å²) in [5.74, 6) is 2.55. The Bertz CT molecular complexity index is 1260. The Balaban J connectivity index is 0.995. The topological polar surface area (TPSA) is 121 Å². The molecule has 0 bridgehead atoms. The maximum atomic E-state index is 12.9. The van der Waals surface area contributed by atoms with Gasteiger partial charge in [-0.2, -0.15) is 0 Å². The Morgan fingerprint density at radius 2 is 1.74 bits per heavy atom. The SMILES string of the molecule is C[C@@H]1CC(COC(N)=O)OC2[C@H]1C1(C)CCC34CC35CCC(O[C@H]3CN(C(=O)CC6CC6)CCO3)C(C)(C)[C@@H]5CCC4[C@]1(C)[C@H]2O. The number of carbonyl (C=O) groups is 2. The smallest absolute Gasteiger partial charge is 0.404 e. The summed E-state index contributed by atoms with van der Waals surface area (Å²) in [5, 5.41) is 12.3. The second-order valence-electron chi connectivity index (χ2n) is 18.2. The van der Waals surface area contributed by atoms with Crippen LogP contribution >= 0.6 is 0 Å². The predicted molar refractivity (Wildman–Crippen MR) is 170 cm³/mol. The van der Waals surface area contributed by atoms with Gasteiger partial charge in [-0.25, -0.2) is 4.79 Å². The van der Waals surface area contributed by atoms with Crippen molar-refractivity contribution in [2.75, 3.05) is 26.3 Å². The van der Waals surface area contributed by atoms with E-state index in [1.54, 1.807) is 0 Å². The highest BCUT2D eigenvalue weighted by Gasteiger charge is 2.84. The number of ether oxygens (including phenoxy) is 4. The lowest BCUT2D eigenvalue weighted by Gasteiger charge is -2.64. The number of fused-ring (bicyclic) bond motifs is 4. The van der Waals surface area contributed by atoms with Gasteiger partial charge < -0.3 is 34.7 Å². The maximum Gasteiger partial charge on any atom is 0.404 e. The highest BCUT2D eigenvalue weighted by molar-refractivity contribution is 5.76. The van der Waals surface area contributed by atoms with Gasteiger partial charge in [0.1, 0.15) is 6.61 Å². The standard InChI is InChI=1S/C37H58N2O7/c1-21-16-23(19-44-32(38)42)45-30-29(21)34(4)12-13-37-20-36(37)11-10-26(33(2,3)24(36)8-9-25(37)35(34,5)31(30)41)46-28-18-39(14-15-43-28)27(40)17-22-6-7-22/h21-26,28-31,41H,6-20H2,1-5H3,(H2,38,42)/t21-,23?,24+,25?,26?,28+,29+,30?,31+,34?,35-,36?,37?/m1/s1. The summed E-state index contributed by atoms with van der Waals surface area (Å²) in [6, 6.07) is 0. The van der Waals surface area contributed by atoms with Gasteiger partial charge in [0.25, 0.3) is 0 Å². The molecule has 8 aliphatic rings. The van der Waals surface area contributed by atoms with Gasteiger partial charge in [0.05, 0.1) is 37.6 Å². The van der Waals surface area contributed by atoms with Gasteiger partial charge in [0.2, 0.25) is 5.91 Å². The van der Waals surface area contributed by atoms with Gasteiger partial charge in [-0.3, -0.25) is 4.79 Å². The summed E-state index contributed by atoms with van der Waals surface area (Å²) in [6.07, 6.45) is 10.0. The number of carbonyl (C=O) groups excluding carboxylic acids is 2. The van der Waals surface area contributed by atoms with Crippen molar-refractivity contribution in [2.45, 2.75) is 136 Å². The molecule has 2 saturated heterocycles. The van der Waals surface area contributed by atoms with Crippen molar-refractivity contribution in [1.82, 2.24) is 4.90 Å².